The zero-order valence-corrected chi connectivity index (χ0v) is 10.5. The van der Waals surface area contributed by atoms with Crippen LogP contribution in [0, 0.1) is 0 Å². The lowest BCUT2D eigenvalue weighted by molar-refractivity contribution is -0.153. The first-order valence-corrected chi connectivity index (χ1v) is 6.32. The molecule has 1 atom stereocenters. The molecule has 1 unspecified atom stereocenters. The van der Waals surface area contributed by atoms with Gasteiger partial charge in [-0.05, 0) is 43.9 Å². The van der Waals surface area contributed by atoms with Crippen LogP contribution in [0.1, 0.15) is 37.9 Å². The number of hydrogen-bond donors (Lipinski definition) is 1. The van der Waals surface area contributed by atoms with Crippen LogP contribution >= 0.6 is 0 Å². The SMILES string of the molecule is CCOC(=O)C(O)c1cccc(OC2CCC2)c1. The highest BCUT2D eigenvalue weighted by Gasteiger charge is 2.21. The summed E-state index contributed by atoms with van der Waals surface area (Å²) in [6, 6.07) is 6.99. The monoisotopic (exact) mass is 250 g/mol. The third kappa shape index (κ3) is 3.01. The summed E-state index contributed by atoms with van der Waals surface area (Å²) >= 11 is 0. The van der Waals surface area contributed by atoms with Crippen molar-refractivity contribution in [2.24, 2.45) is 0 Å². The van der Waals surface area contributed by atoms with E-state index >= 15 is 0 Å². The number of benzene rings is 1. The van der Waals surface area contributed by atoms with Gasteiger partial charge in [-0.25, -0.2) is 4.79 Å². The Hall–Kier alpha value is -1.55. The van der Waals surface area contributed by atoms with Crippen LogP contribution < -0.4 is 4.74 Å². The molecule has 0 saturated heterocycles. The largest absolute Gasteiger partial charge is 0.490 e. The number of aliphatic hydroxyl groups is 1. The zero-order chi connectivity index (χ0) is 13.0. The van der Waals surface area contributed by atoms with Crippen LogP contribution in [0.4, 0.5) is 0 Å². The van der Waals surface area contributed by atoms with Crippen molar-refractivity contribution in [1.29, 1.82) is 0 Å². The van der Waals surface area contributed by atoms with Crippen molar-refractivity contribution < 1.29 is 19.4 Å². The van der Waals surface area contributed by atoms with Crippen LogP contribution in [0.2, 0.25) is 0 Å². The Morgan fingerprint density at radius 3 is 2.89 bits per heavy atom. The van der Waals surface area contributed by atoms with Gasteiger partial charge in [-0.15, -0.1) is 0 Å². The molecule has 0 aromatic heterocycles. The van der Waals surface area contributed by atoms with Crippen molar-refractivity contribution in [2.75, 3.05) is 6.61 Å². The molecule has 0 bridgehead atoms. The minimum absolute atomic E-state index is 0.258. The quantitative estimate of drug-likeness (QED) is 0.814. The average molecular weight is 250 g/mol. The molecule has 1 N–H and O–H groups in total. The van der Waals surface area contributed by atoms with Crippen molar-refractivity contribution in [1.82, 2.24) is 0 Å². The van der Waals surface area contributed by atoms with Crippen LogP contribution in [0.5, 0.6) is 5.75 Å². The summed E-state index contributed by atoms with van der Waals surface area (Å²) in [7, 11) is 0. The van der Waals surface area contributed by atoms with E-state index in [9.17, 15) is 9.90 Å². The highest BCUT2D eigenvalue weighted by atomic mass is 16.5. The number of carbonyl (C=O) groups excluding carboxylic acids is 1. The third-order valence-electron chi connectivity index (χ3n) is 3.04. The lowest BCUT2D eigenvalue weighted by Crippen LogP contribution is -2.24. The summed E-state index contributed by atoms with van der Waals surface area (Å²) < 4.78 is 10.5. The van der Waals surface area contributed by atoms with Crippen LogP contribution in [-0.2, 0) is 9.53 Å². The fourth-order valence-corrected chi connectivity index (χ4v) is 1.80. The van der Waals surface area contributed by atoms with E-state index in [2.05, 4.69) is 0 Å². The maximum atomic E-state index is 11.4. The predicted molar refractivity (Wildman–Crippen MR) is 66.3 cm³/mol. The fourth-order valence-electron chi connectivity index (χ4n) is 1.80. The van der Waals surface area contributed by atoms with Gasteiger partial charge in [-0.1, -0.05) is 12.1 Å². The maximum Gasteiger partial charge on any atom is 0.339 e. The summed E-state index contributed by atoms with van der Waals surface area (Å²) in [5.41, 5.74) is 0.505. The van der Waals surface area contributed by atoms with Crippen molar-refractivity contribution in [3.8, 4) is 5.75 Å². The van der Waals surface area contributed by atoms with Crippen molar-refractivity contribution in [3.05, 3.63) is 29.8 Å². The molecule has 1 aromatic rings. The van der Waals surface area contributed by atoms with Gasteiger partial charge >= 0.3 is 5.97 Å². The highest BCUT2D eigenvalue weighted by Crippen LogP contribution is 2.27. The summed E-state index contributed by atoms with van der Waals surface area (Å²) in [5.74, 6) is 0.0684. The van der Waals surface area contributed by atoms with Gasteiger partial charge in [-0.3, -0.25) is 0 Å². The normalized spacial score (nSPS) is 16.8. The highest BCUT2D eigenvalue weighted by molar-refractivity contribution is 5.76. The van der Waals surface area contributed by atoms with E-state index in [-0.39, 0.29) is 12.7 Å². The van der Waals surface area contributed by atoms with E-state index < -0.39 is 12.1 Å². The predicted octanol–water partition coefficient (Wildman–Crippen LogP) is 2.21. The Balaban J connectivity index is 2.03. The van der Waals surface area contributed by atoms with Gasteiger partial charge in [0.1, 0.15) is 5.75 Å². The van der Waals surface area contributed by atoms with Gasteiger partial charge in [-0.2, -0.15) is 0 Å². The van der Waals surface area contributed by atoms with Crippen LogP contribution in [0.3, 0.4) is 0 Å². The summed E-state index contributed by atoms with van der Waals surface area (Å²) in [6.45, 7) is 1.97. The molecule has 4 nitrogen and oxygen atoms in total. The molecule has 1 saturated carbocycles. The van der Waals surface area contributed by atoms with Crippen LogP contribution in [0.25, 0.3) is 0 Å². The molecule has 0 spiro atoms. The molecular weight excluding hydrogens is 232 g/mol. The second kappa shape index (κ2) is 5.87. The van der Waals surface area contributed by atoms with Crippen LogP contribution in [0.15, 0.2) is 24.3 Å². The number of esters is 1. The molecule has 4 heteroatoms. The molecule has 0 amide bonds. The Morgan fingerprint density at radius 1 is 1.50 bits per heavy atom. The number of aliphatic hydroxyl groups excluding tert-OH is 1. The van der Waals surface area contributed by atoms with Crippen LogP contribution in [-0.4, -0.2) is 23.8 Å². The lowest BCUT2D eigenvalue weighted by Gasteiger charge is -2.26. The van der Waals surface area contributed by atoms with E-state index in [1.807, 2.05) is 6.07 Å². The smallest absolute Gasteiger partial charge is 0.339 e. The number of rotatable bonds is 5. The van der Waals surface area contributed by atoms with E-state index in [1.165, 1.54) is 6.42 Å². The fraction of sp³-hybridized carbons (Fsp3) is 0.500. The molecule has 18 heavy (non-hydrogen) atoms. The summed E-state index contributed by atoms with van der Waals surface area (Å²) in [5, 5.41) is 9.82. The van der Waals surface area contributed by atoms with Gasteiger partial charge in [0, 0.05) is 0 Å². The first-order chi connectivity index (χ1) is 8.70. The molecule has 0 heterocycles. The molecule has 1 aliphatic carbocycles. The van der Waals surface area contributed by atoms with Gasteiger partial charge in [0.05, 0.1) is 12.7 Å². The van der Waals surface area contributed by atoms with Gasteiger partial charge < -0.3 is 14.6 Å². The minimum atomic E-state index is -1.24. The van der Waals surface area contributed by atoms with Gasteiger partial charge in [0.25, 0.3) is 0 Å². The molecule has 1 fully saturated rings. The number of ether oxygens (including phenoxy) is 2. The first kappa shape index (κ1) is 12.9. The van der Waals surface area contributed by atoms with Crippen molar-refractivity contribution >= 4 is 5.97 Å². The molecular formula is C14H18O4. The lowest BCUT2D eigenvalue weighted by atomic mass is 9.96. The van der Waals surface area contributed by atoms with Crippen molar-refractivity contribution in [2.45, 2.75) is 38.4 Å². The number of carbonyl (C=O) groups is 1. The second-order valence-corrected chi connectivity index (χ2v) is 4.40. The third-order valence-corrected chi connectivity index (χ3v) is 3.04. The molecule has 0 radical (unpaired) electrons. The molecule has 1 aliphatic rings. The summed E-state index contributed by atoms with van der Waals surface area (Å²) in [4.78, 5) is 11.4. The molecule has 98 valence electrons. The van der Waals surface area contributed by atoms with Gasteiger partial charge in [0.15, 0.2) is 6.10 Å². The Morgan fingerprint density at radius 2 is 2.28 bits per heavy atom. The Kier molecular flexibility index (Phi) is 4.20. The van der Waals surface area contributed by atoms with E-state index in [1.54, 1.807) is 25.1 Å². The van der Waals surface area contributed by atoms with Crippen molar-refractivity contribution in [3.63, 3.8) is 0 Å². The maximum absolute atomic E-state index is 11.4. The second-order valence-electron chi connectivity index (χ2n) is 4.40. The van der Waals surface area contributed by atoms with E-state index in [0.717, 1.165) is 12.8 Å². The number of hydrogen-bond acceptors (Lipinski definition) is 4. The molecule has 1 aromatic carbocycles. The average Bonchev–Trinajstić information content (AvgIpc) is 2.34. The van der Waals surface area contributed by atoms with E-state index in [4.69, 9.17) is 9.47 Å². The first-order valence-electron chi connectivity index (χ1n) is 6.32. The summed E-state index contributed by atoms with van der Waals surface area (Å²) in [6.07, 6.45) is 2.39. The minimum Gasteiger partial charge on any atom is -0.490 e. The van der Waals surface area contributed by atoms with E-state index in [0.29, 0.717) is 11.3 Å². The van der Waals surface area contributed by atoms with Gasteiger partial charge in [0.2, 0.25) is 0 Å². The topological polar surface area (TPSA) is 55.8 Å². The molecule has 2 rings (SSSR count). The zero-order valence-electron chi connectivity index (χ0n) is 10.5. The Labute approximate surface area is 107 Å². The Bertz CT molecular complexity index is 412. The molecule has 0 aliphatic heterocycles. The standard InChI is InChI=1S/C14H18O4/c1-2-17-14(16)13(15)10-5-3-8-12(9-10)18-11-6-4-7-11/h3,5,8-9,11,13,15H,2,4,6-7H2,1H3.